The molecule has 0 saturated heterocycles. The van der Waals surface area contributed by atoms with Crippen LogP contribution in [0.1, 0.15) is 43.0 Å². The van der Waals surface area contributed by atoms with Crippen molar-refractivity contribution in [2.75, 3.05) is 23.5 Å². The van der Waals surface area contributed by atoms with Crippen LogP contribution in [-0.4, -0.2) is 33.5 Å². The number of aryl methyl sites for hydroxylation is 1. The van der Waals surface area contributed by atoms with E-state index in [-0.39, 0.29) is 5.91 Å². The number of halogens is 2. The molecule has 1 amide bonds. The summed E-state index contributed by atoms with van der Waals surface area (Å²) < 4.78 is 14.4. The number of carbonyl (C=O) groups excluding carboxylic acids is 1. The van der Waals surface area contributed by atoms with Gasteiger partial charge in [0.05, 0.1) is 17.2 Å². The first-order chi connectivity index (χ1) is 20.3. The Morgan fingerprint density at radius 2 is 1.88 bits per heavy atom. The minimum Gasteiger partial charge on any atom is -0.493 e. The number of rotatable bonds is 10. The van der Waals surface area contributed by atoms with Crippen LogP contribution in [0.2, 0.25) is 5.02 Å². The fourth-order valence-electron chi connectivity index (χ4n) is 4.60. The highest BCUT2D eigenvalue weighted by Crippen LogP contribution is 2.43. The van der Waals surface area contributed by atoms with E-state index in [0.29, 0.717) is 55.7 Å². The predicted molar refractivity (Wildman–Crippen MR) is 172 cm³/mol. The lowest BCUT2D eigenvalue weighted by atomic mass is 9.94. The molecule has 0 saturated carbocycles. The third-order valence-corrected chi connectivity index (χ3v) is 8.57. The molecule has 218 valence electrons. The number of nitrogens with zero attached hydrogens (tertiary/aromatic N) is 3. The molecule has 1 aromatic heterocycles. The highest BCUT2D eigenvalue weighted by Gasteiger charge is 2.35. The number of thioether (sulfide) groups is 1. The number of ether oxygens (including phenoxy) is 2. The van der Waals surface area contributed by atoms with Crippen molar-refractivity contribution >= 4 is 56.8 Å². The second-order valence-corrected chi connectivity index (χ2v) is 12.2. The van der Waals surface area contributed by atoms with E-state index < -0.39 is 6.04 Å². The van der Waals surface area contributed by atoms with Crippen LogP contribution in [0.15, 0.2) is 81.6 Å². The summed E-state index contributed by atoms with van der Waals surface area (Å²) >= 11 is 11.3. The number of allylic oxidation sites excluding steroid dienone is 1. The SMILES string of the molecule is CCCSc1nc2n(n1)C(c1cc(Br)c(OCc3ccc(Cl)cc3)c(OC)c1)C(C(=O)Nc1ccc(C)cc1)=C(C)N2. The van der Waals surface area contributed by atoms with Crippen LogP contribution in [0, 0.1) is 6.92 Å². The Balaban J connectivity index is 1.54. The van der Waals surface area contributed by atoms with Gasteiger partial charge in [0, 0.05) is 22.2 Å². The Morgan fingerprint density at radius 3 is 2.57 bits per heavy atom. The quantitative estimate of drug-likeness (QED) is 0.166. The van der Waals surface area contributed by atoms with E-state index in [1.54, 1.807) is 23.6 Å². The molecule has 5 rings (SSSR count). The van der Waals surface area contributed by atoms with E-state index in [1.807, 2.05) is 74.5 Å². The van der Waals surface area contributed by atoms with Crippen LogP contribution in [0.3, 0.4) is 0 Å². The van der Waals surface area contributed by atoms with Gasteiger partial charge in [-0.05, 0) is 83.7 Å². The molecule has 0 aliphatic carbocycles. The van der Waals surface area contributed by atoms with Crippen molar-refractivity contribution in [2.24, 2.45) is 0 Å². The molecule has 0 bridgehead atoms. The lowest BCUT2D eigenvalue weighted by Gasteiger charge is -2.29. The molecule has 0 radical (unpaired) electrons. The van der Waals surface area contributed by atoms with Crippen molar-refractivity contribution in [3.8, 4) is 11.5 Å². The first-order valence-electron chi connectivity index (χ1n) is 13.5. The summed E-state index contributed by atoms with van der Waals surface area (Å²) in [6.45, 7) is 6.33. The van der Waals surface area contributed by atoms with Crippen molar-refractivity contribution in [1.29, 1.82) is 0 Å². The van der Waals surface area contributed by atoms with Crippen LogP contribution in [0.5, 0.6) is 11.5 Å². The van der Waals surface area contributed by atoms with Gasteiger partial charge in [-0.2, -0.15) is 4.98 Å². The molecular formula is C31H31BrClN5O3S. The van der Waals surface area contributed by atoms with Gasteiger partial charge in [-0.25, -0.2) is 4.68 Å². The predicted octanol–water partition coefficient (Wildman–Crippen LogP) is 8.02. The Kier molecular flexibility index (Phi) is 9.45. The van der Waals surface area contributed by atoms with Crippen molar-refractivity contribution in [3.05, 3.63) is 98.1 Å². The number of benzene rings is 3. The summed E-state index contributed by atoms with van der Waals surface area (Å²) in [6, 6.07) is 18.4. The summed E-state index contributed by atoms with van der Waals surface area (Å²) in [5.41, 5.74) is 4.77. The summed E-state index contributed by atoms with van der Waals surface area (Å²) in [6.07, 6.45) is 0.995. The molecule has 0 spiro atoms. The average molecular weight is 669 g/mol. The van der Waals surface area contributed by atoms with E-state index >= 15 is 0 Å². The molecule has 1 atom stereocenters. The summed E-state index contributed by atoms with van der Waals surface area (Å²) in [5.74, 6) is 2.29. The molecular weight excluding hydrogens is 638 g/mol. The van der Waals surface area contributed by atoms with Gasteiger partial charge in [-0.3, -0.25) is 4.79 Å². The normalized spacial score (nSPS) is 14.3. The lowest BCUT2D eigenvalue weighted by molar-refractivity contribution is -0.113. The number of fused-ring (bicyclic) bond motifs is 1. The highest BCUT2D eigenvalue weighted by molar-refractivity contribution is 9.10. The molecule has 1 unspecified atom stereocenters. The molecule has 8 nitrogen and oxygen atoms in total. The zero-order chi connectivity index (χ0) is 29.8. The van der Waals surface area contributed by atoms with Gasteiger partial charge in [0.25, 0.3) is 5.91 Å². The zero-order valence-electron chi connectivity index (χ0n) is 23.7. The third kappa shape index (κ3) is 6.61. The fourth-order valence-corrected chi connectivity index (χ4v) is 5.98. The second kappa shape index (κ2) is 13.2. The van der Waals surface area contributed by atoms with Crippen LogP contribution < -0.4 is 20.1 Å². The van der Waals surface area contributed by atoms with Gasteiger partial charge in [0.1, 0.15) is 12.6 Å². The molecule has 42 heavy (non-hydrogen) atoms. The number of aromatic nitrogens is 3. The Morgan fingerprint density at radius 1 is 1.14 bits per heavy atom. The van der Waals surface area contributed by atoms with Crippen molar-refractivity contribution in [3.63, 3.8) is 0 Å². The molecule has 0 fully saturated rings. The van der Waals surface area contributed by atoms with E-state index in [4.69, 9.17) is 31.2 Å². The number of methoxy groups -OCH3 is 1. The number of hydrogen-bond acceptors (Lipinski definition) is 7. The molecule has 4 aromatic rings. The van der Waals surface area contributed by atoms with Crippen LogP contribution in [-0.2, 0) is 11.4 Å². The Hall–Kier alpha value is -3.47. The van der Waals surface area contributed by atoms with E-state index in [0.717, 1.165) is 28.9 Å². The van der Waals surface area contributed by atoms with Gasteiger partial charge in [0.2, 0.25) is 11.1 Å². The smallest absolute Gasteiger partial charge is 0.255 e. The molecule has 11 heteroatoms. The second-order valence-electron chi connectivity index (χ2n) is 9.85. The van der Waals surface area contributed by atoms with Crippen molar-refractivity contribution in [1.82, 2.24) is 14.8 Å². The maximum Gasteiger partial charge on any atom is 0.255 e. The zero-order valence-corrected chi connectivity index (χ0v) is 26.9. The van der Waals surface area contributed by atoms with Crippen molar-refractivity contribution in [2.45, 2.75) is 45.0 Å². The van der Waals surface area contributed by atoms with Gasteiger partial charge >= 0.3 is 0 Å². The molecule has 1 aliphatic heterocycles. The van der Waals surface area contributed by atoms with Crippen LogP contribution in [0.25, 0.3) is 0 Å². The standard InChI is InChI=1S/C31H31BrClN5O3S/c1-5-14-42-31-36-30-34-19(3)26(29(39)35-23-12-6-18(2)7-13-23)27(38(30)37-31)21-15-24(32)28(25(16-21)40-4)41-17-20-8-10-22(33)11-9-20/h6-13,15-16,27H,5,14,17H2,1-4H3,(H,35,39)(H,34,36,37). The first kappa shape index (κ1) is 30.0. The summed E-state index contributed by atoms with van der Waals surface area (Å²) in [7, 11) is 1.59. The molecule has 3 aromatic carbocycles. The van der Waals surface area contributed by atoms with Gasteiger partial charge < -0.3 is 20.1 Å². The number of carbonyl (C=O) groups is 1. The van der Waals surface area contributed by atoms with E-state index in [1.165, 1.54) is 0 Å². The first-order valence-corrected chi connectivity index (χ1v) is 15.6. The Labute approximate surface area is 263 Å². The number of nitrogens with one attached hydrogen (secondary N) is 2. The monoisotopic (exact) mass is 667 g/mol. The highest BCUT2D eigenvalue weighted by atomic mass is 79.9. The number of hydrogen-bond donors (Lipinski definition) is 2. The molecule has 2 heterocycles. The largest absolute Gasteiger partial charge is 0.493 e. The van der Waals surface area contributed by atoms with Gasteiger partial charge in [-0.15, -0.1) is 5.10 Å². The molecule has 2 N–H and O–H groups in total. The van der Waals surface area contributed by atoms with E-state index in [2.05, 4.69) is 33.5 Å². The molecule has 1 aliphatic rings. The minimum absolute atomic E-state index is 0.240. The van der Waals surface area contributed by atoms with Gasteiger partial charge in [-0.1, -0.05) is 60.1 Å². The Bertz CT molecular complexity index is 1620. The topological polar surface area (TPSA) is 90.3 Å². The maximum atomic E-state index is 13.9. The summed E-state index contributed by atoms with van der Waals surface area (Å²) in [4.78, 5) is 18.6. The fraction of sp³-hybridized carbons (Fsp3) is 0.258. The average Bonchev–Trinajstić information content (AvgIpc) is 3.38. The number of amides is 1. The van der Waals surface area contributed by atoms with Crippen LogP contribution in [0.4, 0.5) is 11.6 Å². The van der Waals surface area contributed by atoms with Crippen molar-refractivity contribution < 1.29 is 14.3 Å². The van der Waals surface area contributed by atoms with Gasteiger partial charge in [0.15, 0.2) is 11.5 Å². The minimum atomic E-state index is -0.578. The maximum absolute atomic E-state index is 13.9. The summed E-state index contributed by atoms with van der Waals surface area (Å²) in [5, 5.41) is 12.5. The van der Waals surface area contributed by atoms with E-state index in [9.17, 15) is 4.79 Å². The third-order valence-electron chi connectivity index (χ3n) is 6.69. The van der Waals surface area contributed by atoms with Crippen LogP contribution >= 0.6 is 39.3 Å². The lowest BCUT2D eigenvalue weighted by Crippen LogP contribution is -2.31. The number of anilines is 2.